The first kappa shape index (κ1) is 18.6. The lowest BCUT2D eigenvalue weighted by Gasteiger charge is -2.32. The summed E-state index contributed by atoms with van der Waals surface area (Å²) < 4.78 is 0. The van der Waals surface area contributed by atoms with Crippen LogP contribution in [0, 0.1) is 0 Å². The number of imidazole rings is 1. The van der Waals surface area contributed by atoms with E-state index in [1.165, 1.54) is 0 Å². The summed E-state index contributed by atoms with van der Waals surface area (Å²) in [7, 11) is 2.07. The van der Waals surface area contributed by atoms with Crippen LogP contribution in [0.5, 0.6) is 0 Å². The number of aliphatic hydroxyl groups excluding tert-OH is 1. The van der Waals surface area contributed by atoms with E-state index < -0.39 is 6.10 Å². The maximum Gasteiger partial charge on any atom is 0.253 e. The van der Waals surface area contributed by atoms with E-state index in [0.717, 1.165) is 42.8 Å². The SMILES string of the molecule is CCC(O)c1ccnc2nc(-c3ccc(C(=O)N4CCN(C)CC4)cc3)[nH]c12. The largest absolute Gasteiger partial charge is 0.388 e. The van der Waals surface area contributed by atoms with E-state index in [1.54, 1.807) is 6.20 Å². The van der Waals surface area contributed by atoms with Crippen molar-refractivity contribution >= 4 is 17.1 Å². The molecule has 4 rings (SSSR count). The molecule has 1 atom stereocenters. The van der Waals surface area contributed by atoms with Crippen molar-refractivity contribution in [2.24, 2.45) is 0 Å². The predicted molar refractivity (Wildman–Crippen MR) is 108 cm³/mol. The van der Waals surface area contributed by atoms with Crippen LogP contribution in [0.3, 0.4) is 0 Å². The van der Waals surface area contributed by atoms with E-state index in [4.69, 9.17) is 0 Å². The number of aliphatic hydroxyl groups is 1. The van der Waals surface area contributed by atoms with Crippen LogP contribution in [0.25, 0.3) is 22.6 Å². The van der Waals surface area contributed by atoms with Gasteiger partial charge in [-0.15, -0.1) is 0 Å². The molecule has 146 valence electrons. The first-order chi connectivity index (χ1) is 13.6. The number of nitrogens with zero attached hydrogens (tertiary/aromatic N) is 4. The molecule has 0 aliphatic carbocycles. The van der Waals surface area contributed by atoms with Crippen molar-refractivity contribution in [3.05, 3.63) is 47.7 Å². The number of rotatable bonds is 4. The van der Waals surface area contributed by atoms with E-state index in [-0.39, 0.29) is 5.91 Å². The summed E-state index contributed by atoms with van der Waals surface area (Å²) >= 11 is 0. The number of fused-ring (bicyclic) bond motifs is 1. The van der Waals surface area contributed by atoms with Crippen molar-refractivity contribution in [2.45, 2.75) is 19.4 Å². The average Bonchev–Trinajstić information content (AvgIpc) is 3.17. The molecule has 0 radical (unpaired) electrons. The molecule has 3 heterocycles. The van der Waals surface area contributed by atoms with E-state index >= 15 is 0 Å². The zero-order valence-electron chi connectivity index (χ0n) is 16.2. The van der Waals surface area contributed by atoms with Gasteiger partial charge in [-0.1, -0.05) is 19.1 Å². The van der Waals surface area contributed by atoms with Crippen molar-refractivity contribution in [2.75, 3.05) is 33.2 Å². The Morgan fingerprint density at radius 2 is 1.89 bits per heavy atom. The number of aromatic nitrogens is 3. The van der Waals surface area contributed by atoms with Gasteiger partial charge in [0.2, 0.25) is 0 Å². The number of hydrogen-bond donors (Lipinski definition) is 2. The van der Waals surface area contributed by atoms with E-state index in [0.29, 0.717) is 23.5 Å². The molecule has 1 saturated heterocycles. The van der Waals surface area contributed by atoms with Crippen molar-refractivity contribution in [3.8, 4) is 11.4 Å². The maximum atomic E-state index is 12.7. The van der Waals surface area contributed by atoms with E-state index in [2.05, 4.69) is 26.9 Å². The lowest BCUT2D eigenvalue weighted by molar-refractivity contribution is 0.0664. The number of amides is 1. The lowest BCUT2D eigenvalue weighted by atomic mass is 10.1. The minimum atomic E-state index is -0.553. The van der Waals surface area contributed by atoms with Crippen LogP contribution in [0.15, 0.2) is 36.5 Å². The first-order valence-corrected chi connectivity index (χ1v) is 9.67. The highest BCUT2D eigenvalue weighted by molar-refractivity contribution is 5.94. The van der Waals surface area contributed by atoms with Crippen molar-refractivity contribution < 1.29 is 9.90 Å². The predicted octanol–water partition coefficient (Wildman–Crippen LogP) is 2.46. The fraction of sp³-hybridized carbons (Fsp3) is 0.381. The molecule has 7 heteroatoms. The first-order valence-electron chi connectivity index (χ1n) is 9.67. The number of H-pyrrole nitrogens is 1. The third-order valence-corrected chi connectivity index (χ3v) is 5.37. The number of aromatic amines is 1. The highest BCUT2D eigenvalue weighted by Gasteiger charge is 2.20. The highest BCUT2D eigenvalue weighted by atomic mass is 16.3. The maximum absolute atomic E-state index is 12.7. The second-order valence-electron chi connectivity index (χ2n) is 7.28. The Morgan fingerprint density at radius 1 is 1.18 bits per heavy atom. The van der Waals surface area contributed by atoms with E-state index in [1.807, 2.05) is 42.2 Å². The lowest BCUT2D eigenvalue weighted by Crippen LogP contribution is -2.47. The summed E-state index contributed by atoms with van der Waals surface area (Å²) in [6.07, 6.45) is 1.73. The molecule has 2 aromatic heterocycles. The van der Waals surface area contributed by atoms with Gasteiger partial charge in [0.25, 0.3) is 5.91 Å². The monoisotopic (exact) mass is 379 g/mol. The molecule has 2 N–H and O–H groups in total. The van der Waals surface area contributed by atoms with Crippen LogP contribution in [0.4, 0.5) is 0 Å². The number of hydrogen-bond acceptors (Lipinski definition) is 5. The Labute approximate surface area is 164 Å². The van der Waals surface area contributed by atoms with Gasteiger partial charge in [-0.05, 0) is 31.7 Å². The summed E-state index contributed by atoms with van der Waals surface area (Å²) in [6.45, 7) is 5.26. The molecule has 0 spiro atoms. The third-order valence-electron chi connectivity index (χ3n) is 5.37. The fourth-order valence-corrected chi connectivity index (χ4v) is 3.53. The van der Waals surface area contributed by atoms with Crippen LogP contribution in [-0.2, 0) is 0 Å². The average molecular weight is 379 g/mol. The molecular weight excluding hydrogens is 354 g/mol. The second kappa shape index (κ2) is 7.69. The van der Waals surface area contributed by atoms with Crippen LogP contribution >= 0.6 is 0 Å². The van der Waals surface area contributed by atoms with Gasteiger partial charge in [0.1, 0.15) is 5.82 Å². The topological polar surface area (TPSA) is 85.3 Å². The Balaban J connectivity index is 1.58. The minimum absolute atomic E-state index is 0.0688. The molecule has 1 fully saturated rings. The van der Waals surface area contributed by atoms with Gasteiger partial charge in [-0.2, -0.15) is 0 Å². The summed E-state index contributed by atoms with van der Waals surface area (Å²) in [6, 6.07) is 9.31. The number of likely N-dealkylation sites (N-methyl/N-ethyl adjacent to an activating group) is 1. The summed E-state index contributed by atoms with van der Waals surface area (Å²) in [4.78, 5) is 29.0. The number of nitrogens with one attached hydrogen (secondary N) is 1. The zero-order valence-corrected chi connectivity index (χ0v) is 16.2. The van der Waals surface area contributed by atoms with Gasteiger partial charge in [-0.3, -0.25) is 4.79 Å². The molecular formula is C21H25N5O2. The number of carbonyl (C=O) groups is 1. The van der Waals surface area contributed by atoms with Crippen LogP contribution < -0.4 is 0 Å². The summed E-state index contributed by atoms with van der Waals surface area (Å²) in [5, 5.41) is 10.2. The molecule has 1 aliphatic heterocycles. The van der Waals surface area contributed by atoms with Gasteiger partial charge < -0.3 is 19.9 Å². The summed E-state index contributed by atoms with van der Waals surface area (Å²) in [5.74, 6) is 0.746. The van der Waals surface area contributed by atoms with Gasteiger partial charge >= 0.3 is 0 Å². The van der Waals surface area contributed by atoms with Gasteiger partial charge in [0.05, 0.1) is 11.6 Å². The molecule has 1 aliphatic rings. The number of pyridine rings is 1. The van der Waals surface area contributed by atoms with Crippen molar-refractivity contribution in [1.82, 2.24) is 24.8 Å². The van der Waals surface area contributed by atoms with Crippen molar-refractivity contribution in [1.29, 1.82) is 0 Å². The van der Waals surface area contributed by atoms with Crippen LogP contribution in [0.2, 0.25) is 0 Å². The Morgan fingerprint density at radius 3 is 2.57 bits per heavy atom. The zero-order chi connectivity index (χ0) is 19.7. The molecule has 0 saturated carbocycles. The molecule has 1 unspecified atom stereocenters. The normalized spacial score (nSPS) is 16.5. The smallest absolute Gasteiger partial charge is 0.253 e. The molecule has 7 nitrogen and oxygen atoms in total. The van der Waals surface area contributed by atoms with Crippen LogP contribution in [-0.4, -0.2) is 69.0 Å². The van der Waals surface area contributed by atoms with E-state index in [9.17, 15) is 9.90 Å². The molecule has 0 bridgehead atoms. The van der Waals surface area contributed by atoms with Gasteiger partial charge in [0.15, 0.2) is 5.65 Å². The Bertz CT molecular complexity index is 974. The molecule has 3 aromatic rings. The molecule has 28 heavy (non-hydrogen) atoms. The number of carbonyl (C=O) groups excluding carboxylic acids is 1. The number of piperazine rings is 1. The molecule has 1 aromatic carbocycles. The number of benzene rings is 1. The van der Waals surface area contributed by atoms with Gasteiger partial charge in [-0.25, -0.2) is 9.97 Å². The second-order valence-corrected chi connectivity index (χ2v) is 7.28. The van der Waals surface area contributed by atoms with Gasteiger partial charge in [0, 0.05) is 49.1 Å². The summed E-state index contributed by atoms with van der Waals surface area (Å²) in [5.41, 5.74) is 3.70. The standard InChI is InChI=1S/C21H25N5O2/c1-3-17(27)16-8-9-22-20-18(16)23-19(24-20)14-4-6-15(7-5-14)21(28)26-12-10-25(2)11-13-26/h4-9,17,27H,3,10-13H2,1-2H3,(H,22,23,24). The fourth-order valence-electron chi connectivity index (χ4n) is 3.53. The van der Waals surface area contributed by atoms with Crippen molar-refractivity contribution in [3.63, 3.8) is 0 Å². The Kier molecular flexibility index (Phi) is 5.11. The van der Waals surface area contributed by atoms with Crippen LogP contribution in [0.1, 0.15) is 35.4 Å². The Hall–Kier alpha value is -2.77. The minimum Gasteiger partial charge on any atom is -0.388 e. The highest BCUT2D eigenvalue weighted by Crippen LogP contribution is 2.26. The quantitative estimate of drug-likeness (QED) is 0.727. The third kappa shape index (κ3) is 3.50. The molecule has 1 amide bonds.